The predicted octanol–water partition coefficient (Wildman–Crippen LogP) is 3.77. The molecule has 0 spiro atoms. The summed E-state index contributed by atoms with van der Waals surface area (Å²) < 4.78 is 0. The van der Waals surface area contributed by atoms with Crippen LogP contribution in [0.2, 0.25) is 0 Å². The zero-order valence-corrected chi connectivity index (χ0v) is 11.4. The molecule has 0 aromatic carbocycles. The van der Waals surface area contributed by atoms with Crippen molar-refractivity contribution in [2.24, 2.45) is 17.8 Å². The molecule has 0 amide bonds. The molecule has 16 heavy (non-hydrogen) atoms. The van der Waals surface area contributed by atoms with Gasteiger partial charge in [-0.05, 0) is 24.7 Å². The van der Waals surface area contributed by atoms with Crippen LogP contribution in [-0.2, 0) is 0 Å². The zero-order valence-electron chi connectivity index (χ0n) is 11.4. The molecule has 0 aliphatic heterocycles. The summed E-state index contributed by atoms with van der Waals surface area (Å²) in [6.45, 7) is 11.1. The van der Waals surface area contributed by atoms with E-state index in [-0.39, 0.29) is 0 Å². The molecule has 1 aliphatic rings. The van der Waals surface area contributed by atoms with Crippen molar-refractivity contribution in [3.05, 3.63) is 0 Å². The summed E-state index contributed by atoms with van der Waals surface area (Å²) in [5.41, 5.74) is 0. The normalized spacial score (nSPS) is 17.4. The van der Waals surface area contributed by atoms with Gasteiger partial charge in [0.2, 0.25) is 0 Å². The van der Waals surface area contributed by atoms with Gasteiger partial charge in [0, 0.05) is 19.0 Å². The van der Waals surface area contributed by atoms with E-state index in [0.29, 0.717) is 17.8 Å². The highest BCUT2D eigenvalue weighted by atomic mass is 15.2. The highest BCUT2D eigenvalue weighted by Crippen LogP contribution is 2.27. The molecule has 2 nitrogen and oxygen atoms in total. The van der Waals surface area contributed by atoms with E-state index in [1.165, 1.54) is 25.7 Å². The molecular formula is C14H28N2. The van der Waals surface area contributed by atoms with Gasteiger partial charge in [0.1, 0.15) is 0 Å². The fourth-order valence-corrected chi connectivity index (χ4v) is 2.61. The summed E-state index contributed by atoms with van der Waals surface area (Å²) in [7, 11) is 0. The molecule has 0 aromatic heterocycles. The fourth-order valence-electron chi connectivity index (χ4n) is 2.61. The molecule has 2 heteroatoms. The Bertz CT molecular complexity index is 205. The molecule has 0 bridgehead atoms. The van der Waals surface area contributed by atoms with Gasteiger partial charge in [-0.25, -0.2) is 0 Å². The first-order valence-electron chi connectivity index (χ1n) is 6.84. The number of hydrogen-bond donors (Lipinski definition) is 1. The van der Waals surface area contributed by atoms with Crippen LogP contribution in [0.25, 0.3) is 0 Å². The standard InChI is InChI=1S/C14H28N2/c1-11(2)9-16(10-12(3)4)14(15)13-7-5-6-8-13/h11-13,15H,5-10H2,1-4H3. The maximum atomic E-state index is 8.36. The number of nitrogens with one attached hydrogen (secondary N) is 1. The summed E-state index contributed by atoms with van der Waals surface area (Å²) in [5, 5.41) is 8.36. The Balaban J connectivity index is 2.55. The van der Waals surface area contributed by atoms with Gasteiger partial charge in [-0.2, -0.15) is 0 Å². The van der Waals surface area contributed by atoms with E-state index in [0.717, 1.165) is 18.9 Å². The largest absolute Gasteiger partial charge is 0.360 e. The van der Waals surface area contributed by atoms with Crippen LogP contribution >= 0.6 is 0 Å². The minimum Gasteiger partial charge on any atom is -0.360 e. The lowest BCUT2D eigenvalue weighted by Crippen LogP contribution is -2.39. The summed E-state index contributed by atoms with van der Waals surface area (Å²) in [6.07, 6.45) is 5.13. The molecule has 0 unspecified atom stereocenters. The fraction of sp³-hybridized carbons (Fsp3) is 0.929. The van der Waals surface area contributed by atoms with E-state index < -0.39 is 0 Å². The first kappa shape index (κ1) is 13.5. The Kier molecular flexibility index (Phi) is 5.30. The SMILES string of the molecule is CC(C)CN(CC(C)C)C(=N)C1CCCC1. The molecule has 1 saturated carbocycles. The molecule has 94 valence electrons. The van der Waals surface area contributed by atoms with Crippen molar-refractivity contribution in [2.75, 3.05) is 13.1 Å². The van der Waals surface area contributed by atoms with Gasteiger partial charge in [0.05, 0.1) is 5.84 Å². The van der Waals surface area contributed by atoms with Crippen LogP contribution in [-0.4, -0.2) is 23.8 Å². The molecule has 0 radical (unpaired) electrons. The van der Waals surface area contributed by atoms with Gasteiger partial charge in [0.15, 0.2) is 0 Å². The molecule has 0 aromatic rings. The lowest BCUT2D eigenvalue weighted by atomic mass is 10.0. The molecule has 1 rings (SSSR count). The van der Waals surface area contributed by atoms with Gasteiger partial charge in [-0.1, -0.05) is 40.5 Å². The molecule has 0 atom stereocenters. The Morgan fingerprint density at radius 1 is 1.06 bits per heavy atom. The molecule has 0 heterocycles. The summed E-state index contributed by atoms with van der Waals surface area (Å²) in [4.78, 5) is 2.32. The second-order valence-electron chi connectivity index (χ2n) is 6.06. The van der Waals surface area contributed by atoms with E-state index in [4.69, 9.17) is 5.41 Å². The van der Waals surface area contributed by atoms with Crippen LogP contribution in [0.4, 0.5) is 0 Å². The van der Waals surface area contributed by atoms with E-state index in [1.807, 2.05) is 0 Å². The third kappa shape index (κ3) is 4.15. The van der Waals surface area contributed by atoms with Crippen LogP contribution in [0.1, 0.15) is 53.4 Å². The van der Waals surface area contributed by atoms with Crippen molar-refractivity contribution in [2.45, 2.75) is 53.4 Å². The van der Waals surface area contributed by atoms with Crippen LogP contribution in [0.15, 0.2) is 0 Å². The van der Waals surface area contributed by atoms with Gasteiger partial charge < -0.3 is 4.90 Å². The topological polar surface area (TPSA) is 27.1 Å². The van der Waals surface area contributed by atoms with Gasteiger partial charge in [0.25, 0.3) is 0 Å². The minimum atomic E-state index is 0.553. The second-order valence-corrected chi connectivity index (χ2v) is 6.06. The molecular weight excluding hydrogens is 196 g/mol. The van der Waals surface area contributed by atoms with Crippen molar-refractivity contribution in [1.82, 2.24) is 4.90 Å². The van der Waals surface area contributed by atoms with E-state index in [2.05, 4.69) is 32.6 Å². The predicted molar refractivity (Wildman–Crippen MR) is 70.9 cm³/mol. The zero-order chi connectivity index (χ0) is 12.1. The average molecular weight is 224 g/mol. The maximum absolute atomic E-state index is 8.36. The van der Waals surface area contributed by atoms with Crippen molar-refractivity contribution in [3.63, 3.8) is 0 Å². The second kappa shape index (κ2) is 6.27. The smallest absolute Gasteiger partial charge is 0.0989 e. The quantitative estimate of drug-likeness (QED) is 0.558. The number of nitrogens with zero attached hydrogens (tertiary/aromatic N) is 1. The van der Waals surface area contributed by atoms with Crippen molar-refractivity contribution >= 4 is 5.84 Å². The summed E-state index contributed by atoms with van der Waals surface area (Å²) >= 11 is 0. The van der Waals surface area contributed by atoms with Crippen LogP contribution in [0, 0.1) is 23.2 Å². The first-order chi connectivity index (χ1) is 7.50. The summed E-state index contributed by atoms with van der Waals surface area (Å²) in [5.74, 6) is 2.78. The van der Waals surface area contributed by atoms with E-state index >= 15 is 0 Å². The van der Waals surface area contributed by atoms with Crippen molar-refractivity contribution in [3.8, 4) is 0 Å². The summed E-state index contributed by atoms with van der Waals surface area (Å²) in [6, 6.07) is 0. The Labute approximate surface area is 101 Å². The molecule has 1 N–H and O–H groups in total. The maximum Gasteiger partial charge on any atom is 0.0989 e. The number of hydrogen-bond acceptors (Lipinski definition) is 1. The average Bonchev–Trinajstić information content (AvgIpc) is 2.66. The van der Waals surface area contributed by atoms with E-state index in [9.17, 15) is 0 Å². The molecule has 0 saturated heterocycles. The lowest BCUT2D eigenvalue weighted by molar-refractivity contribution is 0.311. The highest BCUT2D eigenvalue weighted by molar-refractivity contribution is 5.81. The Hall–Kier alpha value is -0.530. The van der Waals surface area contributed by atoms with Crippen LogP contribution < -0.4 is 0 Å². The van der Waals surface area contributed by atoms with Gasteiger partial charge in [-0.15, -0.1) is 0 Å². The molecule has 1 fully saturated rings. The first-order valence-corrected chi connectivity index (χ1v) is 6.84. The Morgan fingerprint density at radius 2 is 1.50 bits per heavy atom. The monoisotopic (exact) mass is 224 g/mol. The van der Waals surface area contributed by atoms with E-state index in [1.54, 1.807) is 0 Å². The number of rotatable bonds is 5. The highest BCUT2D eigenvalue weighted by Gasteiger charge is 2.24. The third-order valence-electron chi connectivity index (χ3n) is 3.25. The Morgan fingerprint density at radius 3 is 1.88 bits per heavy atom. The van der Waals surface area contributed by atoms with Crippen LogP contribution in [0.5, 0.6) is 0 Å². The number of amidine groups is 1. The molecule has 1 aliphatic carbocycles. The lowest BCUT2D eigenvalue weighted by Gasteiger charge is -2.31. The van der Waals surface area contributed by atoms with Crippen LogP contribution in [0.3, 0.4) is 0 Å². The van der Waals surface area contributed by atoms with Crippen molar-refractivity contribution < 1.29 is 0 Å². The third-order valence-corrected chi connectivity index (χ3v) is 3.25. The van der Waals surface area contributed by atoms with Gasteiger partial charge >= 0.3 is 0 Å². The van der Waals surface area contributed by atoms with Gasteiger partial charge in [-0.3, -0.25) is 5.41 Å². The van der Waals surface area contributed by atoms with Crippen molar-refractivity contribution in [1.29, 1.82) is 5.41 Å². The minimum absolute atomic E-state index is 0.553.